The van der Waals surface area contributed by atoms with Crippen LogP contribution in [0.25, 0.3) is 10.9 Å². The van der Waals surface area contributed by atoms with Crippen LogP contribution in [0, 0.1) is 5.92 Å². The number of fused-ring (bicyclic) bond motifs is 1. The molecule has 1 amide bonds. The first kappa shape index (κ1) is 15.4. The quantitative estimate of drug-likeness (QED) is 0.859. The second-order valence-corrected chi connectivity index (χ2v) is 6.77. The van der Waals surface area contributed by atoms with E-state index in [1.807, 2.05) is 13.0 Å². The highest BCUT2D eigenvalue weighted by atomic mass is 79.9. The van der Waals surface area contributed by atoms with E-state index >= 15 is 0 Å². The molecule has 0 radical (unpaired) electrons. The smallest absolute Gasteiger partial charge is 0.270 e. The number of hydrogen-bond acceptors (Lipinski definition) is 4. The highest BCUT2D eigenvalue weighted by Gasteiger charge is 2.27. The van der Waals surface area contributed by atoms with Crippen LogP contribution in [-0.4, -0.2) is 33.1 Å². The van der Waals surface area contributed by atoms with Crippen LogP contribution in [-0.2, 0) is 0 Å². The minimum Gasteiger partial charge on any atom is -0.393 e. The maximum atomic E-state index is 12.4. The molecule has 3 atom stereocenters. The Balaban J connectivity index is 1.76. The molecule has 2 aromatic heterocycles. The molecule has 6 heteroatoms. The number of carbonyl (C=O) groups excluding carboxylic acids is 1. The van der Waals surface area contributed by atoms with Crippen LogP contribution in [0.15, 0.2) is 29.0 Å². The van der Waals surface area contributed by atoms with Crippen LogP contribution in [0.4, 0.5) is 0 Å². The zero-order valence-corrected chi connectivity index (χ0v) is 13.9. The Labute approximate surface area is 137 Å². The number of hydrogen-bond donors (Lipinski definition) is 2. The Kier molecular flexibility index (Phi) is 4.40. The minimum atomic E-state index is -0.254. The van der Waals surface area contributed by atoms with Gasteiger partial charge in [-0.3, -0.25) is 9.78 Å². The molecule has 2 heterocycles. The molecule has 3 unspecified atom stereocenters. The molecule has 1 saturated carbocycles. The van der Waals surface area contributed by atoms with Gasteiger partial charge in [-0.1, -0.05) is 6.92 Å². The molecule has 0 spiro atoms. The van der Waals surface area contributed by atoms with Gasteiger partial charge in [0.25, 0.3) is 5.91 Å². The second-order valence-electron chi connectivity index (χ2n) is 5.92. The second kappa shape index (κ2) is 6.30. The fraction of sp³-hybridized carbons (Fsp3) is 0.438. The summed E-state index contributed by atoms with van der Waals surface area (Å²) in [6.45, 7) is 2.02. The van der Waals surface area contributed by atoms with Crippen LogP contribution in [0.3, 0.4) is 0 Å². The normalized spacial score (nSPS) is 25.1. The summed E-state index contributed by atoms with van der Waals surface area (Å²) >= 11 is 3.41. The van der Waals surface area contributed by atoms with E-state index in [1.54, 1.807) is 18.5 Å². The van der Waals surface area contributed by atoms with E-state index in [0.717, 1.165) is 34.6 Å². The van der Waals surface area contributed by atoms with Crippen molar-refractivity contribution in [2.24, 2.45) is 5.92 Å². The summed E-state index contributed by atoms with van der Waals surface area (Å²) in [6.07, 6.45) is 5.47. The summed E-state index contributed by atoms with van der Waals surface area (Å²) in [4.78, 5) is 20.9. The first-order valence-corrected chi connectivity index (χ1v) is 8.23. The molecule has 3 rings (SSSR count). The number of halogens is 1. The number of carbonyl (C=O) groups is 1. The molecule has 22 heavy (non-hydrogen) atoms. The van der Waals surface area contributed by atoms with E-state index < -0.39 is 0 Å². The molecule has 0 bridgehead atoms. The Morgan fingerprint density at radius 1 is 1.36 bits per heavy atom. The summed E-state index contributed by atoms with van der Waals surface area (Å²) in [7, 11) is 0. The third-order valence-electron chi connectivity index (χ3n) is 4.25. The predicted molar refractivity (Wildman–Crippen MR) is 87.5 cm³/mol. The Morgan fingerprint density at radius 3 is 2.95 bits per heavy atom. The largest absolute Gasteiger partial charge is 0.393 e. The van der Waals surface area contributed by atoms with Crippen LogP contribution in [0.2, 0.25) is 0 Å². The van der Waals surface area contributed by atoms with Gasteiger partial charge in [0.15, 0.2) is 0 Å². The molecule has 0 saturated heterocycles. The molecule has 5 nitrogen and oxygen atoms in total. The van der Waals surface area contributed by atoms with Crippen LogP contribution >= 0.6 is 15.9 Å². The van der Waals surface area contributed by atoms with E-state index in [1.165, 1.54) is 0 Å². The molecule has 0 aliphatic heterocycles. The van der Waals surface area contributed by atoms with E-state index in [4.69, 9.17) is 0 Å². The number of nitrogens with zero attached hydrogens (tertiary/aromatic N) is 2. The van der Waals surface area contributed by atoms with E-state index in [-0.39, 0.29) is 24.0 Å². The van der Waals surface area contributed by atoms with Crippen molar-refractivity contribution in [1.82, 2.24) is 15.3 Å². The summed E-state index contributed by atoms with van der Waals surface area (Å²) in [5.74, 6) is 0.0445. The average Bonchev–Trinajstić information content (AvgIpc) is 2.51. The van der Waals surface area contributed by atoms with Gasteiger partial charge >= 0.3 is 0 Å². The highest BCUT2D eigenvalue weighted by molar-refractivity contribution is 9.10. The van der Waals surface area contributed by atoms with E-state index in [2.05, 4.69) is 31.2 Å². The molecular weight excluding hydrogens is 346 g/mol. The van der Waals surface area contributed by atoms with Crippen LogP contribution in [0.5, 0.6) is 0 Å². The summed E-state index contributed by atoms with van der Waals surface area (Å²) in [5.41, 5.74) is 1.13. The van der Waals surface area contributed by atoms with Gasteiger partial charge in [-0.15, -0.1) is 0 Å². The van der Waals surface area contributed by atoms with Gasteiger partial charge in [0.2, 0.25) is 0 Å². The Morgan fingerprint density at radius 2 is 2.18 bits per heavy atom. The topological polar surface area (TPSA) is 75.1 Å². The summed E-state index contributed by atoms with van der Waals surface area (Å²) in [6, 6.07) is 3.67. The predicted octanol–water partition coefficient (Wildman–Crippen LogP) is 2.67. The molecule has 2 N–H and O–H groups in total. The van der Waals surface area contributed by atoms with Crippen molar-refractivity contribution in [2.45, 2.75) is 38.3 Å². The van der Waals surface area contributed by atoms with Crippen LogP contribution < -0.4 is 5.32 Å². The maximum Gasteiger partial charge on any atom is 0.270 e. The Hall–Kier alpha value is -1.53. The number of rotatable bonds is 2. The van der Waals surface area contributed by atoms with E-state index in [0.29, 0.717) is 5.69 Å². The lowest BCUT2D eigenvalue weighted by molar-refractivity contribution is 0.0614. The molecule has 2 aromatic rings. The average molecular weight is 364 g/mol. The number of aliphatic hydroxyl groups is 1. The van der Waals surface area contributed by atoms with Gasteiger partial charge in [-0.25, -0.2) is 4.98 Å². The molecule has 116 valence electrons. The van der Waals surface area contributed by atoms with Crippen LogP contribution in [0.1, 0.15) is 36.7 Å². The van der Waals surface area contributed by atoms with Crippen molar-refractivity contribution in [2.75, 3.05) is 0 Å². The summed E-state index contributed by atoms with van der Waals surface area (Å²) < 4.78 is 0.772. The highest BCUT2D eigenvalue weighted by Crippen LogP contribution is 2.25. The lowest BCUT2D eigenvalue weighted by Crippen LogP contribution is -2.42. The monoisotopic (exact) mass is 363 g/mol. The number of aliphatic hydroxyl groups excluding tert-OH is 1. The first-order chi connectivity index (χ1) is 10.5. The zero-order chi connectivity index (χ0) is 15.7. The molecule has 1 aliphatic rings. The lowest BCUT2D eigenvalue weighted by Gasteiger charge is -2.31. The van der Waals surface area contributed by atoms with Gasteiger partial charge in [0.1, 0.15) is 5.69 Å². The fourth-order valence-corrected chi connectivity index (χ4v) is 3.34. The van der Waals surface area contributed by atoms with Gasteiger partial charge in [-0.2, -0.15) is 0 Å². The van der Waals surface area contributed by atoms with Crippen molar-refractivity contribution in [1.29, 1.82) is 0 Å². The molecule has 0 aromatic carbocycles. The SMILES string of the molecule is CC1CC(NC(=O)c2ccc3cncc(Br)c3n2)CCC1O. The van der Waals surface area contributed by atoms with E-state index in [9.17, 15) is 9.90 Å². The van der Waals surface area contributed by atoms with Crippen molar-refractivity contribution in [3.8, 4) is 0 Å². The van der Waals surface area contributed by atoms with Gasteiger partial charge in [0, 0.05) is 23.8 Å². The molecule has 1 aliphatic carbocycles. The first-order valence-electron chi connectivity index (χ1n) is 7.44. The van der Waals surface area contributed by atoms with Gasteiger partial charge in [0.05, 0.1) is 16.1 Å². The molecular formula is C16H18BrN3O2. The van der Waals surface area contributed by atoms with Crippen molar-refractivity contribution < 1.29 is 9.90 Å². The number of amides is 1. The summed E-state index contributed by atoms with van der Waals surface area (Å²) in [5, 5.41) is 13.7. The zero-order valence-electron chi connectivity index (χ0n) is 12.3. The van der Waals surface area contributed by atoms with Crippen molar-refractivity contribution >= 4 is 32.7 Å². The standard InChI is InChI=1S/C16H18BrN3O2/c1-9-6-11(3-5-14(9)21)19-16(22)13-4-2-10-7-18-8-12(17)15(10)20-13/h2,4,7-9,11,14,21H,3,5-6H2,1H3,(H,19,22). The fourth-order valence-electron chi connectivity index (χ4n) is 2.91. The number of aromatic nitrogens is 2. The van der Waals surface area contributed by atoms with Crippen molar-refractivity contribution in [3.63, 3.8) is 0 Å². The molecule has 1 fully saturated rings. The van der Waals surface area contributed by atoms with Gasteiger partial charge in [-0.05, 0) is 53.2 Å². The Bertz CT molecular complexity index is 707. The minimum absolute atomic E-state index is 0.101. The van der Waals surface area contributed by atoms with Crippen molar-refractivity contribution in [3.05, 3.63) is 34.7 Å². The lowest BCUT2D eigenvalue weighted by atomic mass is 9.84. The number of pyridine rings is 2. The third kappa shape index (κ3) is 3.13. The third-order valence-corrected chi connectivity index (χ3v) is 4.83. The maximum absolute atomic E-state index is 12.4. The van der Waals surface area contributed by atoms with Gasteiger partial charge < -0.3 is 10.4 Å². The number of nitrogens with one attached hydrogen (secondary N) is 1.